The number of hydrogen-bond donors (Lipinski definition) is 3. The van der Waals surface area contributed by atoms with Gasteiger partial charge in [-0.2, -0.15) is 0 Å². The third kappa shape index (κ3) is 3.85. The fourth-order valence-electron chi connectivity index (χ4n) is 2.71. The van der Waals surface area contributed by atoms with Gasteiger partial charge in [0, 0.05) is 12.6 Å². The zero-order valence-electron chi connectivity index (χ0n) is 12.2. The number of aliphatic carboxylic acids is 1. The summed E-state index contributed by atoms with van der Waals surface area (Å²) in [7, 11) is 0. The van der Waals surface area contributed by atoms with Crippen molar-refractivity contribution in [2.24, 2.45) is 11.3 Å². The highest BCUT2D eigenvalue weighted by Crippen LogP contribution is 2.26. The number of rotatable bonds is 6. The van der Waals surface area contributed by atoms with Crippen molar-refractivity contribution in [3.05, 3.63) is 0 Å². The molecule has 0 spiro atoms. The summed E-state index contributed by atoms with van der Waals surface area (Å²) in [6.45, 7) is 6.01. The van der Waals surface area contributed by atoms with Crippen molar-refractivity contribution in [2.75, 3.05) is 6.54 Å². The van der Waals surface area contributed by atoms with E-state index in [1.807, 2.05) is 13.8 Å². The number of nitrogens with one attached hydrogen (secondary N) is 2. The van der Waals surface area contributed by atoms with Crippen LogP contribution in [0.2, 0.25) is 0 Å². The fraction of sp³-hybridized carbons (Fsp3) is 0.857. The SMILES string of the molecule is CCC(CC)(CNC(=O)NC1CCCC1C)C(=O)O. The van der Waals surface area contributed by atoms with Gasteiger partial charge in [0.15, 0.2) is 0 Å². The van der Waals surface area contributed by atoms with E-state index in [1.165, 1.54) is 0 Å². The summed E-state index contributed by atoms with van der Waals surface area (Å²) >= 11 is 0. The first-order valence-corrected chi connectivity index (χ1v) is 7.23. The van der Waals surface area contributed by atoms with Crippen molar-refractivity contribution in [2.45, 2.75) is 58.9 Å². The molecule has 2 atom stereocenters. The van der Waals surface area contributed by atoms with Crippen LogP contribution in [0.4, 0.5) is 4.79 Å². The minimum atomic E-state index is -0.849. The molecule has 19 heavy (non-hydrogen) atoms. The molecule has 0 bridgehead atoms. The normalized spacial score (nSPS) is 23.1. The van der Waals surface area contributed by atoms with Crippen LogP contribution in [0.5, 0.6) is 0 Å². The Hall–Kier alpha value is -1.26. The predicted molar refractivity (Wildman–Crippen MR) is 74.0 cm³/mol. The molecule has 1 saturated carbocycles. The molecule has 1 aliphatic carbocycles. The van der Waals surface area contributed by atoms with Crippen molar-refractivity contribution in [3.63, 3.8) is 0 Å². The van der Waals surface area contributed by atoms with Gasteiger partial charge < -0.3 is 15.7 Å². The van der Waals surface area contributed by atoms with Gasteiger partial charge in [-0.3, -0.25) is 4.79 Å². The summed E-state index contributed by atoms with van der Waals surface area (Å²) in [5, 5.41) is 15.0. The smallest absolute Gasteiger partial charge is 0.315 e. The number of carbonyl (C=O) groups is 2. The molecule has 2 amide bonds. The Labute approximate surface area is 115 Å². The maximum absolute atomic E-state index is 11.8. The highest BCUT2D eigenvalue weighted by molar-refractivity contribution is 5.78. The molecule has 1 aliphatic rings. The van der Waals surface area contributed by atoms with Crippen LogP contribution in [0.1, 0.15) is 52.9 Å². The molecule has 3 N–H and O–H groups in total. The molecule has 0 aromatic carbocycles. The van der Waals surface area contributed by atoms with Crippen LogP contribution in [0.3, 0.4) is 0 Å². The van der Waals surface area contributed by atoms with E-state index in [1.54, 1.807) is 0 Å². The lowest BCUT2D eigenvalue weighted by atomic mass is 9.82. The van der Waals surface area contributed by atoms with E-state index in [4.69, 9.17) is 0 Å². The van der Waals surface area contributed by atoms with Gasteiger partial charge in [-0.1, -0.05) is 27.2 Å². The first kappa shape index (κ1) is 15.8. The van der Waals surface area contributed by atoms with Crippen molar-refractivity contribution in [1.82, 2.24) is 10.6 Å². The zero-order valence-corrected chi connectivity index (χ0v) is 12.2. The molecule has 0 heterocycles. The molecule has 0 aliphatic heterocycles. The topological polar surface area (TPSA) is 78.4 Å². The Morgan fingerprint density at radius 3 is 2.32 bits per heavy atom. The van der Waals surface area contributed by atoms with Gasteiger partial charge in [-0.25, -0.2) is 4.79 Å². The monoisotopic (exact) mass is 270 g/mol. The number of carboxylic acids is 1. The van der Waals surface area contributed by atoms with Gasteiger partial charge in [0.25, 0.3) is 0 Å². The summed E-state index contributed by atoms with van der Waals surface area (Å²) in [5.74, 6) is -0.334. The van der Waals surface area contributed by atoms with Crippen molar-refractivity contribution in [1.29, 1.82) is 0 Å². The Morgan fingerprint density at radius 2 is 1.89 bits per heavy atom. The molecular weight excluding hydrogens is 244 g/mol. The third-order valence-electron chi connectivity index (χ3n) is 4.57. The van der Waals surface area contributed by atoms with Crippen LogP contribution in [-0.4, -0.2) is 29.7 Å². The average molecular weight is 270 g/mol. The van der Waals surface area contributed by atoms with Crippen LogP contribution in [0.15, 0.2) is 0 Å². The molecule has 2 unspecified atom stereocenters. The largest absolute Gasteiger partial charge is 0.481 e. The van der Waals surface area contributed by atoms with E-state index in [9.17, 15) is 14.7 Å². The highest BCUT2D eigenvalue weighted by atomic mass is 16.4. The summed E-state index contributed by atoms with van der Waals surface area (Å²) in [4.78, 5) is 23.2. The summed E-state index contributed by atoms with van der Waals surface area (Å²) in [6, 6.07) is -0.0197. The molecule has 1 fully saturated rings. The minimum Gasteiger partial charge on any atom is -0.481 e. The molecule has 0 aromatic heterocycles. The molecule has 0 saturated heterocycles. The average Bonchev–Trinajstić information content (AvgIpc) is 2.76. The van der Waals surface area contributed by atoms with Gasteiger partial charge in [0.1, 0.15) is 0 Å². The summed E-state index contributed by atoms with van der Waals surface area (Å²) in [5.41, 5.74) is -0.849. The van der Waals surface area contributed by atoms with Crippen LogP contribution < -0.4 is 10.6 Å². The Morgan fingerprint density at radius 1 is 1.26 bits per heavy atom. The Kier molecular flexibility index (Phi) is 5.63. The standard InChI is InChI=1S/C14H26N2O3/c1-4-14(5-2,12(17)18)9-15-13(19)16-11-8-6-7-10(11)3/h10-11H,4-9H2,1-3H3,(H,17,18)(H2,15,16,19). The van der Waals surface area contributed by atoms with Gasteiger partial charge in [0.05, 0.1) is 5.41 Å². The highest BCUT2D eigenvalue weighted by Gasteiger charge is 2.35. The van der Waals surface area contributed by atoms with Gasteiger partial charge in [0.2, 0.25) is 0 Å². The lowest BCUT2D eigenvalue weighted by Crippen LogP contribution is -2.48. The van der Waals surface area contributed by atoms with Crippen molar-refractivity contribution < 1.29 is 14.7 Å². The van der Waals surface area contributed by atoms with Crippen LogP contribution >= 0.6 is 0 Å². The van der Waals surface area contributed by atoms with E-state index in [0.717, 1.165) is 19.3 Å². The van der Waals surface area contributed by atoms with Gasteiger partial charge >= 0.3 is 12.0 Å². The minimum absolute atomic E-state index is 0.183. The lowest BCUT2D eigenvalue weighted by Gasteiger charge is -2.27. The number of hydrogen-bond acceptors (Lipinski definition) is 2. The second-order valence-electron chi connectivity index (χ2n) is 5.63. The second kappa shape index (κ2) is 6.78. The quantitative estimate of drug-likeness (QED) is 0.693. The fourth-order valence-corrected chi connectivity index (χ4v) is 2.71. The van der Waals surface area contributed by atoms with Gasteiger partial charge in [-0.15, -0.1) is 0 Å². The molecule has 5 heteroatoms. The van der Waals surface area contributed by atoms with E-state index in [0.29, 0.717) is 18.8 Å². The summed E-state index contributed by atoms with van der Waals surface area (Å²) in [6.07, 6.45) is 4.33. The molecule has 5 nitrogen and oxygen atoms in total. The number of carboxylic acid groups (broad SMARTS) is 1. The van der Waals surface area contributed by atoms with Crippen molar-refractivity contribution in [3.8, 4) is 0 Å². The first-order chi connectivity index (χ1) is 8.95. The molecule has 0 aromatic rings. The summed E-state index contributed by atoms with van der Waals surface area (Å²) < 4.78 is 0. The van der Waals surface area contributed by atoms with E-state index >= 15 is 0 Å². The Balaban J connectivity index is 2.46. The lowest BCUT2D eigenvalue weighted by molar-refractivity contribution is -0.149. The van der Waals surface area contributed by atoms with Crippen LogP contribution in [0, 0.1) is 11.3 Å². The number of amides is 2. The van der Waals surface area contributed by atoms with Crippen molar-refractivity contribution >= 4 is 12.0 Å². The van der Waals surface area contributed by atoms with E-state index < -0.39 is 11.4 Å². The van der Waals surface area contributed by atoms with E-state index in [-0.39, 0.29) is 18.6 Å². The first-order valence-electron chi connectivity index (χ1n) is 7.23. The third-order valence-corrected chi connectivity index (χ3v) is 4.57. The van der Waals surface area contributed by atoms with E-state index in [2.05, 4.69) is 17.6 Å². The Bertz CT molecular complexity index is 327. The van der Waals surface area contributed by atoms with Gasteiger partial charge in [-0.05, 0) is 31.6 Å². The predicted octanol–water partition coefficient (Wildman–Crippen LogP) is 2.37. The maximum atomic E-state index is 11.8. The van der Waals surface area contributed by atoms with Crippen LogP contribution in [-0.2, 0) is 4.79 Å². The second-order valence-corrected chi connectivity index (χ2v) is 5.63. The molecule has 1 rings (SSSR count). The number of carbonyl (C=O) groups excluding carboxylic acids is 1. The molecular formula is C14H26N2O3. The zero-order chi connectivity index (χ0) is 14.5. The van der Waals surface area contributed by atoms with Crippen LogP contribution in [0.25, 0.3) is 0 Å². The molecule has 0 radical (unpaired) electrons. The maximum Gasteiger partial charge on any atom is 0.315 e. The number of urea groups is 1. The molecule has 110 valence electrons.